The zero-order valence-electron chi connectivity index (χ0n) is 53.0. The minimum absolute atomic E-state index is 0.228. The molecule has 450 valence electrons. The Kier molecular flexibility index (Phi) is 13.4. The first-order valence-corrected chi connectivity index (χ1v) is 32.6. The largest absolute Gasteiger partial charge is 0.310 e. The molecule has 0 bridgehead atoms. The Morgan fingerprint density at radius 2 is 0.553 bits per heavy atom. The first-order valence-electron chi connectivity index (χ1n) is 32.6. The second-order valence-electron chi connectivity index (χ2n) is 25.9. The van der Waals surface area contributed by atoms with E-state index in [9.17, 15) is 0 Å². The third-order valence-electron chi connectivity index (χ3n) is 19.2. The van der Waals surface area contributed by atoms with Crippen LogP contribution in [0.3, 0.4) is 0 Å². The molecule has 0 radical (unpaired) electrons. The minimum Gasteiger partial charge on any atom is -0.310 e. The van der Waals surface area contributed by atoms with E-state index in [0.29, 0.717) is 0 Å². The number of benzene rings is 13. The van der Waals surface area contributed by atoms with Gasteiger partial charge in [-0.2, -0.15) is 0 Å². The summed E-state index contributed by atoms with van der Waals surface area (Å²) >= 11 is 0. The molecule has 17 rings (SSSR count). The average Bonchev–Trinajstić information content (AvgIpc) is 1.58. The molecular formula is C88H68N6. The fraction of sp³-hybridized carbons (Fsp3) is 0.0682. The number of anilines is 10. The summed E-state index contributed by atoms with van der Waals surface area (Å²) in [5.41, 5.74) is 23.9. The molecule has 2 aromatic heterocycles. The van der Waals surface area contributed by atoms with Crippen LogP contribution in [-0.4, -0.2) is 9.13 Å². The van der Waals surface area contributed by atoms with Crippen molar-refractivity contribution in [2.45, 2.75) is 38.5 Å². The van der Waals surface area contributed by atoms with Crippen LogP contribution in [0.25, 0.3) is 66.4 Å². The molecule has 2 heterocycles. The fourth-order valence-electron chi connectivity index (χ4n) is 15.1. The second-order valence-corrected chi connectivity index (χ2v) is 25.9. The molecule has 0 atom stereocenters. The predicted octanol–water partition coefficient (Wildman–Crippen LogP) is 23.8. The third-order valence-corrected chi connectivity index (χ3v) is 19.2. The Morgan fingerprint density at radius 1 is 0.245 bits per heavy atom. The summed E-state index contributed by atoms with van der Waals surface area (Å²) in [5, 5.41) is 4.67. The molecule has 0 unspecified atom stereocenters. The maximum absolute atomic E-state index is 2.53. The highest BCUT2D eigenvalue weighted by Crippen LogP contribution is 2.55. The number of rotatable bonds is 14. The highest BCUT2D eigenvalue weighted by molar-refractivity contribution is 6.21. The van der Waals surface area contributed by atoms with Gasteiger partial charge >= 0.3 is 0 Å². The van der Waals surface area contributed by atoms with Crippen molar-refractivity contribution < 1.29 is 0 Å². The molecule has 0 fully saturated rings. The van der Waals surface area contributed by atoms with Crippen LogP contribution in [0.2, 0.25) is 0 Å². The Hall–Kier alpha value is -11.9. The Labute approximate surface area is 549 Å². The van der Waals surface area contributed by atoms with E-state index in [-0.39, 0.29) is 10.8 Å². The third kappa shape index (κ3) is 9.31. The number of nitrogens with zero attached hydrogens (tertiary/aromatic N) is 6. The molecule has 6 heteroatoms. The summed E-state index contributed by atoms with van der Waals surface area (Å²) in [4.78, 5) is 9.97. The van der Waals surface area contributed by atoms with Gasteiger partial charge in [-0.25, -0.2) is 0 Å². The standard InChI is InChI=1S/C88H68N6/c1-87(2)59-83(71-46-23-27-50-75(71)87)93(65-40-19-9-20-41-65)81-57-69(55-79-85(81)73-48-25-29-52-77(73)91(79)63-36-15-7-16-37-63)89(61-32-11-5-12-33-61)67-44-31-45-68(54-67)90(62-34-13-6-14-35-62)70-56-80-86(74-49-26-30-53-78(74)92(80)64-38-17-8-18-39-64)82(58-70)94(66-42-21-10-22-43-66)84-60-88(3,4)76-51-28-24-47-72(76)84/h5-60H,1-4H3. The van der Waals surface area contributed by atoms with Gasteiger partial charge in [0.2, 0.25) is 0 Å². The van der Waals surface area contributed by atoms with E-state index < -0.39 is 0 Å². The van der Waals surface area contributed by atoms with E-state index in [0.717, 1.165) is 112 Å². The molecule has 94 heavy (non-hydrogen) atoms. The van der Waals surface area contributed by atoms with Crippen LogP contribution in [0.15, 0.2) is 340 Å². The summed E-state index contributed by atoms with van der Waals surface area (Å²) in [7, 11) is 0. The number of allylic oxidation sites excluding steroid dienone is 2. The predicted molar refractivity (Wildman–Crippen MR) is 397 cm³/mol. The molecule has 2 aliphatic carbocycles. The van der Waals surface area contributed by atoms with Crippen molar-refractivity contribution in [3.8, 4) is 11.4 Å². The molecule has 13 aromatic carbocycles. The molecule has 0 saturated carbocycles. The van der Waals surface area contributed by atoms with E-state index in [1.54, 1.807) is 0 Å². The summed E-state index contributed by atoms with van der Waals surface area (Å²) in [6, 6.07) is 120. The van der Waals surface area contributed by atoms with Crippen LogP contribution in [0.1, 0.15) is 49.9 Å². The van der Waals surface area contributed by atoms with Crippen LogP contribution >= 0.6 is 0 Å². The molecule has 0 aliphatic heterocycles. The Balaban J connectivity index is 0.941. The van der Waals surface area contributed by atoms with Crippen LogP contribution in [-0.2, 0) is 10.8 Å². The summed E-state index contributed by atoms with van der Waals surface area (Å²) in [6.07, 6.45) is 4.95. The maximum Gasteiger partial charge on any atom is 0.0583 e. The maximum atomic E-state index is 2.53. The van der Waals surface area contributed by atoms with Crippen molar-refractivity contribution in [3.63, 3.8) is 0 Å². The van der Waals surface area contributed by atoms with Gasteiger partial charge in [0.05, 0.1) is 56.2 Å². The molecular weight excluding hydrogens is 1140 g/mol. The molecule has 6 nitrogen and oxygen atoms in total. The normalized spacial score (nSPS) is 13.6. The number of aromatic nitrogens is 2. The Bertz CT molecular complexity index is 5100. The molecule has 0 saturated heterocycles. The molecule has 2 aliphatic rings. The molecule has 0 N–H and O–H groups in total. The molecule has 0 spiro atoms. The van der Waals surface area contributed by atoms with Gasteiger partial charge in [-0.3, -0.25) is 0 Å². The van der Waals surface area contributed by atoms with Gasteiger partial charge in [-0.1, -0.05) is 228 Å². The smallest absolute Gasteiger partial charge is 0.0583 e. The number of hydrogen-bond donors (Lipinski definition) is 0. The SMILES string of the molecule is CC1(C)C=C(N(c2ccccc2)c2cc(N(c3ccccc3)c3cccc(N(c4ccccc4)c4cc(N(C5=CC(C)(C)c6ccccc65)c5ccccc5)c5c6ccccc6n(-c6ccccc6)c5c4)c3)cc3c2c2ccccc2n3-c2ccccc2)c2ccccc21. The van der Waals surface area contributed by atoms with Crippen molar-refractivity contribution in [1.29, 1.82) is 0 Å². The number of para-hydroxylation sites is 8. The van der Waals surface area contributed by atoms with Crippen molar-refractivity contribution in [1.82, 2.24) is 9.13 Å². The van der Waals surface area contributed by atoms with Gasteiger partial charge in [0.25, 0.3) is 0 Å². The summed E-state index contributed by atoms with van der Waals surface area (Å²) in [6.45, 7) is 9.36. The summed E-state index contributed by atoms with van der Waals surface area (Å²) in [5.74, 6) is 0. The number of fused-ring (bicyclic) bond motifs is 8. The second kappa shape index (κ2) is 22.5. The van der Waals surface area contributed by atoms with E-state index in [1.165, 1.54) is 33.0 Å². The van der Waals surface area contributed by atoms with Crippen LogP contribution in [0, 0.1) is 0 Å². The van der Waals surface area contributed by atoms with Crippen molar-refractivity contribution in [3.05, 3.63) is 362 Å². The monoisotopic (exact) mass is 1210 g/mol. The van der Waals surface area contributed by atoms with Crippen molar-refractivity contribution >= 4 is 112 Å². The van der Waals surface area contributed by atoms with E-state index in [1.807, 2.05) is 0 Å². The van der Waals surface area contributed by atoms with Gasteiger partial charge in [-0.15, -0.1) is 0 Å². The van der Waals surface area contributed by atoms with E-state index >= 15 is 0 Å². The van der Waals surface area contributed by atoms with Gasteiger partial charge in [0.15, 0.2) is 0 Å². The van der Waals surface area contributed by atoms with E-state index in [4.69, 9.17) is 0 Å². The topological polar surface area (TPSA) is 22.8 Å². The van der Waals surface area contributed by atoms with Gasteiger partial charge < -0.3 is 28.7 Å². The minimum atomic E-state index is -0.228. The highest BCUT2D eigenvalue weighted by atomic mass is 15.2. The molecule has 0 amide bonds. The lowest BCUT2D eigenvalue weighted by Crippen LogP contribution is -2.18. The Morgan fingerprint density at radius 3 is 0.936 bits per heavy atom. The van der Waals surface area contributed by atoms with E-state index in [2.05, 4.69) is 396 Å². The zero-order valence-corrected chi connectivity index (χ0v) is 53.0. The van der Waals surface area contributed by atoms with Crippen LogP contribution in [0.5, 0.6) is 0 Å². The molecule has 15 aromatic rings. The van der Waals surface area contributed by atoms with Crippen LogP contribution < -0.4 is 19.6 Å². The highest BCUT2D eigenvalue weighted by Gasteiger charge is 2.37. The van der Waals surface area contributed by atoms with Crippen molar-refractivity contribution in [2.24, 2.45) is 0 Å². The fourth-order valence-corrected chi connectivity index (χ4v) is 15.1. The quantitative estimate of drug-likeness (QED) is 0.108. The average molecular weight is 1210 g/mol. The summed E-state index contributed by atoms with van der Waals surface area (Å²) < 4.78 is 4.92. The first kappa shape index (κ1) is 56.1. The lowest BCUT2D eigenvalue weighted by molar-refractivity contribution is 0.683. The lowest BCUT2D eigenvalue weighted by atomic mass is 9.87. The first-order chi connectivity index (χ1) is 46.2. The number of hydrogen-bond acceptors (Lipinski definition) is 4. The lowest BCUT2D eigenvalue weighted by Gasteiger charge is -2.33. The van der Waals surface area contributed by atoms with Crippen molar-refractivity contribution in [2.75, 3.05) is 19.6 Å². The van der Waals surface area contributed by atoms with Gasteiger partial charge in [0, 0.05) is 89.0 Å². The zero-order chi connectivity index (χ0) is 63.1. The van der Waals surface area contributed by atoms with Gasteiger partial charge in [-0.05, 0) is 151 Å². The van der Waals surface area contributed by atoms with Gasteiger partial charge in [0.1, 0.15) is 0 Å². The van der Waals surface area contributed by atoms with Crippen LogP contribution in [0.4, 0.5) is 56.9 Å².